The van der Waals surface area contributed by atoms with Crippen molar-refractivity contribution < 1.29 is 14.3 Å². The van der Waals surface area contributed by atoms with Crippen molar-refractivity contribution in [2.75, 3.05) is 13.2 Å². The third-order valence-corrected chi connectivity index (χ3v) is 8.58. The summed E-state index contributed by atoms with van der Waals surface area (Å²) in [5.41, 5.74) is 8.18. The summed E-state index contributed by atoms with van der Waals surface area (Å²) in [6.07, 6.45) is 1.94. The van der Waals surface area contributed by atoms with Gasteiger partial charge in [-0.05, 0) is 101 Å². The molecule has 8 heteroatoms. The van der Waals surface area contributed by atoms with Crippen LogP contribution in [0.1, 0.15) is 60.5 Å². The molecule has 5 rings (SSSR count). The molecule has 0 bridgehead atoms. The van der Waals surface area contributed by atoms with Gasteiger partial charge in [0, 0.05) is 17.1 Å². The van der Waals surface area contributed by atoms with Crippen molar-refractivity contribution in [1.29, 1.82) is 0 Å². The smallest absolute Gasteiger partial charge is 0.338 e. The number of esters is 1. The molecule has 1 aliphatic heterocycles. The second-order valence-electron chi connectivity index (χ2n) is 10.2. The standard InChI is InChI=1S/C33H35N3O4S/c1-8-39-26-15-13-24(14-16-26)30-29(32(38)40-9-2)22(6)34-33-36(30)31(37)28(41-33)18-25-17-20(4)35(23(25)7)27-12-10-11-19(3)21(27)5/h10-18,30H,8-9H2,1-7H3/b28-18-/t30-/m0/s1. The Labute approximate surface area is 243 Å². The van der Waals surface area contributed by atoms with Crippen LogP contribution in [0.4, 0.5) is 0 Å². The number of benzene rings is 2. The van der Waals surface area contributed by atoms with Crippen LogP contribution in [0, 0.1) is 27.7 Å². The third-order valence-electron chi connectivity index (χ3n) is 7.60. The molecule has 0 N–H and O–H groups in total. The molecule has 212 valence electrons. The van der Waals surface area contributed by atoms with Crippen molar-refractivity contribution in [2.24, 2.45) is 4.99 Å². The zero-order valence-corrected chi connectivity index (χ0v) is 25.4. The van der Waals surface area contributed by atoms with Gasteiger partial charge in [-0.3, -0.25) is 9.36 Å². The van der Waals surface area contributed by atoms with Gasteiger partial charge < -0.3 is 14.0 Å². The highest BCUT2D eigenvalue weighted by molar-refractivity contribution is 7.07. The number of aromatic nitrogens is 2. The summed E-state index contributed by atoms with van der Waals surface area (Å²) in [5, 5.41) is 0. The molecule has 0 amide bonds. The van der Waals surface area contributed by atoms with Gasteiger partial charge in [-0.15, -0.1) is 0 Å². The lowest BCUT2D eigenvalue weighted by molar-refractivity contribution is -0.139. The number of rotatable bonds is 7. The first-order valence-electron chi connectivity index (χ1n) is 13.8. The highest BCUT2D eigenvalue weighted by Gasteiger charge is 2.33. The van der Waals surface area contributed by atoms with E-state index < -0.39 is 12.0 Å². The predicted molar refractivity (Wildman–Crippen MR) is 163 cm³/mol. The average molecular weight is 570 g/mol. The Morgan fingerprint density at radius 2 is 1.76 bits per heavy atom. The minimum absolute atomic E-state index is 0.196. The molecule has 41 heavy (non-hydrogen) atoms. The van der Waals surface area contributed by atoms with Crippen LogP contribution >= 0.6 is 11.3 Å². The maximum Gasteiger partial charge on any atom is 0.338 e. The fraction of sp³-hybridized carbons (Fsp3) is 0.303. The van der Waals surface area contributed by atoms with Crippen LogP contribution in [-0.4, -0.2) is 28.3 Å². The zero-order chi connectivity index (χ0) is 29.4. The van der Waals surface area contributed by atoms with Crippen molar-refractivity contribution in [1.82, 2.24) is 9.13 Å². The average Bonchev–Trinajstić information content (AvgIpc) is 3.39. The largest absolute Gasteiger partial charge is 0.494 e. The number of thiazole rings is 1. The number of carbonyl (C=O) groups is 1. The summed E-state index contributed by atoms with van der Waals surface area (Å²) in [6.45, 7) is 14.7. The molecule has 2 aromatic carbocycles. The highest BCUT2D eigenvalue weighted by atomic mass is 32.1. The molecule has 3 heterocycles. The number of hydrogen-bond acceptors (Lipinski definition) is 6. The maximum absolute atomic E-state index is 14.1. The van der Waals surface area contributed by atoms with E-state index in [4.69, 9.17) is 14.5 Å². The summed E-state index contributed by atoms with van der Waals surface area (Å²) in [6, 6.07) is 15.2. The SMILES string of the molecule is CCOC(=O)C1=C(C)N=c2s/c(=C\c3cc(C)n(-c4cccc(C)c4C)c3C)c(=O)n2[C@H]1c1ccc(OCC)cc1. The lowest BCUT2D eigenvalue weighted by Crippen LogP contribution is -2.39. The number of hydrogen-bond donors (Lipinski definition) is 0. The number of fused-ring (bicyclic) bond motifs is 1. The summed E-state index contributed by atoms with van der Waals surface area (Å²) < 4.78 is 15.4. The molecular weight excluding hydrogens is 534 g/mol. The topological polar surface area (TPSA) is 74.8 Å². The van der Waals surface area contributed by atoms with Gasteiger partial charge in [0.25, 0.3) is 5.56 Å². The fourth-order valence-electron chi connectivity index (χ4n) is 5.44. The van der Waals surface area contributed by atoms with Crippen molar-refractivity contribution in [2.45, 2.75) is 54.5 Å². The Balaban J connectivity index is 1.68. The van der Waals surface area contributed by atoms with E-state index in [1.165, 1.54) is 22.5 Å². The number of carbonyl (C=O) groups excluding carboxylic acids is 1. The van der Waals surface area contributed by atoms with Gasteiger partial charge in [0.05, 0.1) is 35.1 Å². The fourth-order valence-corrected chi connectivity index (χ4v) is 6.48. The van der Waals surface area contributed by atoms with E-state index in [-0.39, 0.29) is 12.2 Å². The lowest BCUT2D eigenvalue weighted by Gasteiger charge is -2.24. The number of ether oxygens (including phenoxy) is 2. The van der Waals surface area contributed by atoms with Gasteiger partial charge in [0.1, 0.15) is 5.75 Å². The Morgan fingerprint density at radius 1 is 1.02 bits per heavy atom. The summed E-state index contributed by atoms with van der Waals surface area (Å²) in [7, 11) is 0. The summed E-state index contributed by atoms with van der Waals surface area (Å²) in [4.78, 5) is 32.5. The highest BCUT2D eigenvalue weighted by Crippen LogP contribution is 2.32. The van der Waals surface area contributed by atoms with E-state index in [9.17, 15) is 9.59 Å². The van der Waals surface area contributed by atoms with E-state index >= 15 is 0 Å². The lowest BCUT2D eigenvalue weighted by atomic mass is 9.96. The monoisotopic (exact) mass is 569 g/mol. The predicted octanol–water partition coefficient (Wildman–Crippen LogP) is 5.22. The summed E-state index contributed by atoms with van der Waals surface area (Å²) in [5.74, 6) is 0.250. The van der Waals surface area contributed by atoms with E-state index in [0.29, 0.717) is 27.2 Å². The molecule has 0 aliphatic carbocycles. The van der Waals surface area contributed by atoms with Crippen molar-refractivity contribution in [3.63, 3.8) is 0 Å². The van der Waals surface area contributed by atoms with Crippen LogP contribution in [0.5, 0.6) is 5.75 Å². The summed E-state index contributed by atoms with van der Waals surface area (Å²) >= 11 is 1.33. The number of aryl methyl sites for hydroxylation is 2. The molecule has 1 aliphatic rings. The third kappa shape index (κ3) is 5.08. The minimum atomic E-state index is -0.662. The molecule has 0 spiro atoms. The van der Waals surface area contributed by atoms with Gasteiger partial charge in [0.15, 0.2) is 4.80 Å². The molecule has 0 radical (unpaired) electrons. The van der Waals surface area contributed by atoms with Gasteiger partial charge in [-0.25, -0.2) is 9.79 Å². The van der Waals surface area contributed by atoms with Gasteiger partial charge in [-0.1, -0.05) is 35.6 Å². The Morgan fingerprint density at radius 3 is 2.44 bits per heavy atom. The van der Waals surface area contributed by atoms with Crippen molar-refractivity contribution in [3.8, 4) is 11.4 Å². The molecule has 0 saturated carbocycles. The Bertz CT molecular complexity index is 1860. The molecule has 1 atom stereocenters. The van der Waals surface area contributed by atoms with E-state index in [2.05, 4.69) is 56.5 Å². The second kappa shape index (κ2) is 11.4. The molecule has 2 aromatic heterocycles. The molecular formula is C33H35N3O4S. The first-order chi connectivity index (χ1) is 19.7. The molecule has 7 nitrogen and oxygen atoms in total. The van der Waals surface area contributed by atoms with Crippen LogP contribution in [0.15, 0.2) is 69.6 Å². The van der Waals surface area contributed by atoms with Crippen LogP contribution in [0.25, 0.3) is 11.8 Å². The van der Waals surface area contributed by atoms with Crippen LogP contribution in [-0.2, 0) is 9.53 Å². The Hall–Kier alpha value is -4.17. The van der Waals surface area contributed by atoms with Crippen LogP contribution in [0.2, 0.25) is 0 Å². The normalized spacial score (nSPS) is 15.1. The van der Waals surface area contributed by atoms with Crippen molar-refractivity contribution >= 4 is 23.4 Å². The minimum Gasteiger partial charge on any atom is -0.494 e. The van der Waals surface area contributed by atoms with Crippen LogP contribution in [0.3, 0.4) is 0 Å². The second-order valence-corrected chi connectivity index (χ2v) is 11.2. The quantitative estimate of drug-likeness (QED) is 0.286. The van der Waals surface area contributed by atoms with Gasteiger partial charge in [0.2, 0.25) is 0 Å². The van der Waals surface area contributed by atoms with E-state index in [1.54, 1.807) is 18.4 Å². The zero-order valence-electron chi connectivity index (χ0n) is 24.6. The maximum atomic E-state index is 14.1. The van der Waals surface area contributed by atoms with E-state index in [1.807, 2.05) is 37.3 Å². The number of allylic oxidation sites excluding steroid dienone is 1. The number of nitrogens with zero attached hydrogens (tertiary/aromatic N) is 3. The van der Waals surface area contributed by atoms with E-state index in [0.717, 1.165) is 34.0 Å². The first kappa shape index (κ1) is 28.4. The Kier molecular flexibility index (Phi) is 7.87. The van der Waals surface area contributed by atoms with Gasteiger partial charge in [-0.2, -0.15) is 0 Å². The molecule has 0 fully saturated rings. The molecule has 0 saturated heterocycles. The first-order valence-corrected chi connectivity index (χ1v) is 14.7. The van der Waals surface area contributed by atoms with Crippen molar-refractivity contribution in [3.05, 3.63) is 113 Å². The molecule has 4 aromatic rings. The molecule has 0 unspecified atom stereocenters. The van der Waals surface area contributed by atoms with Crippen LogP contribution < -0.4 is 19.6 Å². The van der Waals surface area contributed by atoms with Gasteiger partial charge >= 0.3 is 5.97 Å².